The first-order valence-electron chi connectivity index (χ1n) is 9.16. The van der Waals surface area contributed by atoms with Crippen LogP contribution in [0.4, 0.5) is 5.13 Å². The standard InChI is InChI=1S/C21H19Cl2N3O2S/c1-28-17-8-7-16(23)20-19(17)24-21(29-20)26-12-10-25(11-13-26)18(27)9-6-14-4-2-3-5-15(14)22/h2-9H,10-13H2,1H3/b9-6+. The minimum Gasteiger partial charge on any atom is -0.494 e. The number of aromatic nitrogens is 1. The molecule has 1 fully saturated rings. The molecule has 0 N–H and O–H groups in total. The molecular formula is C21H19Cl2N3O2S. The van der Waals surface area contributed by atoms with Crippen molar-refractivity contribution < 1.29 is 9.53 Å². The number of ether oxygens (including phenoxy) is 1. The molecule has 0 bridgehead atoms. The van der Waals surface area contributed by atoms with E-state index < -0.39 is 0 Å². The number of methoxy groups -OCH3 is 1. The fourth-order valence-electron chi connectivity index (χ4n) is 3.24. The van der Waals surface area contributed by atoms with Gasteiger partial charge in [-0.15, -0.1) is 0 Å². The van der Waals surface area contributed by atoms with Crippen LogP contribution < -0.4 is 9.64 Å². The quantitative estimate of drug-likeness (QED) is 0.529. The van der Waals surface area contributed by atoms with Crippen molar-refractivity contribution in [2.75, 3.05) is 38.2 Å². The van der Waals surface area contributed by atoms with E-state index in [4.69, 9.17) is 32.9 Å². The SMILES string of the molecule is COc1ccc(Cl)c2sc(N3CCN(C(=O)/C=C/c4ccccc4Cl)CC3)nc12. The number of halogens is 2. The average Bonchev–Trinajstić information content (AvgIpc) is 3.20. The zero-order chi connectivity index (χ0) is 20.4. The summed E-state index contributed by atoms with van der Waals surface area (Å²) in [6.45, 7) is 2.69. The molecule has 0 saturated carbocycles. The fraction of sp³-hybridized carbons (Fsp3) is 0.238. The average molecular weight is 448 g/mol. The van der Waals surface area contributed by atoms with Crippen molar-refractivity contribution in [3.05, 3.63) is 58.1 Å². The predicted molar refractivity (Wildman–Crippen MR) is 120 cm³/mol. The molecular weight excluding hydrogens is 429 g/mol. The van der Waals surface area contributed by atoms with Gasteiger partial charge in [-0.25, -0.2) is 4.98 Å². The van der Waals surface area contributed by atoms with Crippen molar-refractivity contribution >= 4 is 61.9 Å². The number of benzene rings is 2. The second kappa shape index (κ2) is 8.61. The van der Waals surface area contributed by atoms with Crippen LogP contribution in [-0.4, -0.2) is 49.1 Å². The number of carbonyl (C=O) groups excluding carboxylic acids is 1. The lowest BCUT2D eigenvalue weighted by Gasteiger charge is -2.34. The van der Waals surface area contributed by atoms with Crippen LogP contribution in [0.25, 0.3) is 16.3 Å². The Hall–Kier alpha value is -2.28. The number of fused-ring (bicyclic) bond motifs is 1. The Morgan fingerprint density at radius 2 is 1.86 bits per heavy atom. The third-order valence-corrected chi connectivity index (χ3v) is 6.76. The molecule has 29 heavy (non-hydrogen) atoms. The van der Waals surface area contributed by atoms with E-state index in [0.717, 1.165) is 20.9 Å². The van der Waals surface area contributed by atoms with E-state index in [1.165, 1.54) is 0 Å². The maximum Gasteiger partial charge on any atom is 0.246 e. The van der Waals surface area contributed by atoms with Crippen LogP contribution in [0.2, 0.25) is 10.0 Å². The van der Waals surface area contributed by atoms with Crippen molar-refractivity contribution in [3.63, 3.8) is 0 Å². The fourth-order valence-corrected chi connectivity index (χ4v) is 4.74. The minimum atomic E-state index is -0.0152. The van der Waals surface area contributed by atoms with Gasteiger partial charge in [-0.1, -0.05) is 52.7 Å². The number of hydrogen-bond donors (Lipinski definition) is 0. The van der Waals surface area contributed by atoms with E-state index in [0.29, 0.717) is 42.0 Å². The molecule has 8 heteroatoms. The van der Waals surface area contributed by atoms with E-state index in [-0.39, 0.29) is 5.91 Å². The molecule has 2 aromatic carbocycles. The first-order chi connectivity index (χ1) is 14.1. The smallest absolute Gasteiger partial charge is 0.246 e. The van der Waals surface area contributed by atoms with Crippen molar-refractivity contribution in [3.8, 4) is 5.75 Å². The second-order valence-electron chi connectivity index (χ2n) is 6.59. The summed E-state index contributed by atoms with van der Waals surface area (Å²) in [4.78, 5) is 21.3. The van der Waals surface area contributed by atoms with Crippen molar-refractivity contribution in [1.29, 1.82) is 0 Å². The number of anilines is 1. The van der Waals surface area contributed by atoms with Gasteiger partial charge in [-0.3, -0.25) is 4.79 Å². The predicted octanol–water partition coefficient (Wildman–Crippen LogP) is 4.97. The molecule has 1 saturated heterocycles. The summed E-state index contributed by atoms with van der Waals surface area (Å²) in [6, 6.07) is 11.1. The molecule has 5 nitrogen and oxygen atoms in total. The van der Waals surface area contributed by atoms with Crippen LogP contribution in [-0.2, 0) is 4.79 Å². The zero-order valence-electron chi connectivity index (χ0n) is 15.8. The largest absolute Gasteiger partial charge is 0.494 e. The Kier molecular flexibility index (Phi) is 5.94. The molecule has 0 atom stereocenters. The van der Waals surface area contributed by atoms with Gasteiger partial charge in [-0.05, 0) is 29.8 Å². The summed E-state index contributed by atoms with van der Waals surface area (Å²) in [6.07, 6.45) is 3.35. The van der Waals surface area contributed by atoms with Gasteiger partial charge in [0.25, 0.3) is 0 Å². The van der Waals surface area contributed by atoms with Gasteiger partial charge in [0.15, 0.2) is 5.13 Å². The first kappa shape index (κ1) is 20.0. The monoisotopic (exact) mass is 447 g/mol. The van der Waals surface area contributed by atoms with E-state index in [2.05, 4.69) is 4.90 Å². The molecule has 2 heterocycles. The lowest BCUT2D eigenvalue weighted by atomic mass is 10.2. The van der Waals surface area contributed by atoms with Gasteiger partial charge in [0.1, 0.15) is 11.3 Å². The third kappa shape index (κ3) is 4.20. The second-order valence-corrected chi connectivity index (χ2v) is 8.38. The maximum atomic E-state index is 12.5. The van der Waals surface area contributed by atoms with Crippen LogP contribution >= 0.6 is 34.5 Å². The van der Waals surface area contributed by atoms with Gasteiger partial charge >= 0.3 is 0 Å². The number of thiazole rings is 1. The molecule has 0 radical (unpaired) electrons. The summed E-state index contributed by atoms with van der Waals surface area (Å²) in [5, 5.41) is 2.19. The Labute approximate surface area is 183 Å². The molecule has 0 unspecified atom stereocenters. The molecule has 1 aromatic heterocycles. The van der Waals surface area contributed by atoms with Crippen molar-refractivity contribution in [1.82, 2.24) is 9.88 Å². The van der Waals surface area contributed by atoms with E-state index in [9.17, 15) is 4.79 Å². The number of hydrogen-bond acceptors (Lipinski definition) is 5. The number of nitrogens with zero attached hydrogens (tertiary/aromatic N) is 3. The molecule has 1 amide bonds. The lowest BCUT2D eigenvalue weighted by Crippen LogP contribution is -2.48. The van der Waals surface area contributed by atoms with Crippen LogP contribution in [0.1, 0.15) is 5.56 Å². The molecule has 4 rings (SSSR count). The Bertz CT molecular complexity index is 1070. The number of carbonyl (C=O) groups is 1. The minimum absolute atomic E-state index is 0.0152. The normalized spacial score (nSPS) is 14.7. The zero-order valence-corrected chi connectivity index (χ0v) is 18.1. The number of piperazine rings is 1. The third-order valence-electron chi connectivity index (χ3n) is 4.84. The Morgan fingerprint density at radius 1 is 1.10 bits per heavy atom. The van der Waals surface area contributed by atoms with Gasteiger partial charge in [-0.2, -0.15) is 0 Å². The van der Waals surface area contributed by atoms with E-state index in [1.807, 2.05) is 41.3 Å². The molecule has 3 aromatic rings. The Morgan fingerprint density at radius 3 is 2.59 bits per heavy atom. The van der Waals surface area contributed by atoms with Crippen molar-refractivity contribution in [2.45, 2.75) is 0 Å². The van der Waals surface area contributed by atoms with Gasteiger partial charge in [0.05, 0.1) is 16.8 Å². The summed E-state index contributed by atoms with van der Waals surface area (Å²) < 4.78 is 6.32. The number of amides is 1. The van der Waals surface area contributed by atoms with Gasteiger partial charge in [0.2, 0.25) is 5.91 Å². The highest BCUT2D eigenvalue weighted by Gasteiger charge is 2.23. The number of rotatable bonds is 4. The van der Waals surface area contributed by atoms with E-state index in [1.54, 1.807) is 30.6 Å². The molecule has 0 spiro atoms. The van der Waals surface area contributed by atoms with E-state index >= 15 is 0 Å². The molecule has 0 aliphatic carbocycles. The highest BCUT2D eigenvalue weighted by molar-refractivity contribution is 7.22. The van der Waals surface area contributed by atoms with Gasteiger partial charge < -0.3 is 14.5 Å². The topological polar surface area (TPSA) is 45.7 Å². The highest BCUT2D eigenvalue weighted by Crippen LogP contribution is 2.38. The maximum absolute atomic E-state index is 12.5. The molecule has 150 valence electrons. The van der Waals surface area contributed by atoms with Crippen LogP contribution in [0.15, 0.2) is 42.5 Å². The first-order valence-corrected chi connectivity index (χ1v) is 10.7. The summed E-state index contributed by atoms with van der Waals surface area (Å²) in [7, 11) is 1.63. The highest BCUT2D eigenvalue weighted by atomic mass is 35.5. The van der Waals surface area contributed by atoms with Crippen LogP contribution in [0, 0.1) is 0 Å². The van der Waals surface area contributed by atoms with Gasteiger partial charge in [0, 0.05) is 37.3 Å². The van der Waals surface area contributed by atoms with Crippen molar-refractivity contribution in [2.24, 2.45) is 0 Å². The molecule has 1 aliphatic heterocycles. The van der Waals surface area contributed by atoms with Crippen LogP contribution in [0.5, 0.6) is 5.75 Å². The summed E-state index contributed by atoms with van der Waals surface area (Å²) >= 11 is 14.0. The lowest BCUT2D eigenvalue weighted by molar-refractivity contribution is -0.126. The summed E-state index contributed by atoms with van der Waals surface area (Å²) in [5.74, 6) is 0.698. The summed E-state index contributed by atoms with van der Waals surface area (Å²) in [5.41, 5.74) is 1.61. The molecule has 1 aliphatic rings. The Balaban J connectivity index is 1.43. The van der Waals surface area contributed by atoms with Crippen LogP contribution in [0.3, 0.4) is 0 Å².